The highest BCUT2D eigenvalue weighted by molar-refractivity contribution is 5.90. The van der Waals surface area contributed by atoms with E-state index in [9.17, 15) is 9.18 Å². The van der Waals surface area contributed by atoms with Gasteiger partial charge < -0.3 is 5.32 Å². The smallest absolute Gasteiger partial charge is 0.221 e. The third-order valence-corrected chi connectivity index (χ3v) is 3.49. The normalized spacial score (nSPS) is 21.1. The van der Waals surface area contributed by atoms with E-state index >= 15 is 0 Å². The molecule has 0 saturated heterocycles. The lowest BCUT2D eigenvalue weighted by atomic mass is 9.86. The molecule has 0 saturated carbocycles. The number of hydrogen-bond acceptors (Lipinski definition) is 1. The lowest BCUT2D eigenvalue weighted by Gasteiger charge is -2.20. The molecule has 17 heavy (non-hydrogen) atoms. The molecule has 0 unspecified atom stereocenters. The molecule has 0 bridgehead atoms. The lowest BCUT2D eigenvalue weighted by Crippen LogP contribution is -2.15. The summed E-state index contributed by atoms with van der Waals surface area (Å²) in [6.07, 6.45) is 0.913. The van der Waals surface area contributed by atoms with Crippen molar-refractivity contribution >= 4 is 11.6 Å². The van der Waals surface area contributed by atoms with E-state index in [-0.39, 0.29) is 23.1 Å². The quantitative estimate of drug-likeness (QED) is 0.792. The fourth-order valence-corrected chi connectivity index (χ4v) is 3.06. The molecule has 0 fully saturated rings. The second-order valence-corrected chi connectivity index (χ2v) is 5.55. The van der Waals surface area contributed by atoms with Crippen molar-refractivity contribution in [1.82, 2.24) is 0 Å². The number of carbonyl (C=O) groups is 1. The first-order valence-corrected chi connectivity index (χ1v) is 5.93. The van der Waals surface area contributed by atoms with Crippen LogP contribution in [0.2, 0.25) is 0 Å². The van der Waals surface area contributed by atoms with Gasteiger partial charge >= 0.3 is 0 Å². The summed E-state index contributed by atoms with van der Waals surface area (Å²) in [5.74, 6) is -0.00304. The first-order chi connectivity index (χ1) is 7.83. The monoisotopic (exact) mass is 235 g/mol. The highest BCUT2D eigenvalue weighted by atomic mass is 19.1. The highest BCUT2D eigenvalue weighted by Gasteiger charge is 2.38. The Labute approximate surface area is 101 Å². The minimum absolute atomic E-state index is 0.115. The number of nitrogens with one attached hydrogen (secondary N) is 1. The van der Waals surface area contributed by atoms with E-state index in [2.05, 4.69) is 26.1 Å². The number of rotatable bonds is 1. The van der Waals surface area contributed by atoms with E-state index in [0.29, 0.717) is 0 Å². The zero-order chi connectivity index (χ0) is 12.8. The molecule has 3 heteroatoms. The Kier molecular flexibility index (Phi) is 2.72. The molecular formula is C14H18FNO. The maximum absolute atomic E-state index is 14.0. The van der Waals surface area contributed by atoms with Crippen LogP contribution >= 0.6 is 0 Å². The van der Waals surface area contributed by atoms with Gasteiger partial charge in [-0.05, 0) is 41.0 Å². The number of anilines is 1. The van der Waals surface area contributed by atoms with Crippen molar-refractivity contribution in [2.45, 2.75) is 45.4 Å². The molecule has 1 amide bonds. The molecule has 1 aliphatic rings. The van der Waals surface area contributed by atoms with E-state index in [0.717, 1.165) is 23.2 Å². The third-order valence-electron chi connectivity index (χ3n) is 3.49. The van der Waals surface area contributed by atoms with Gasteiger partial charge in [0.1, 0.15) is 5.82 Å². The summed E-state index contributed by atoms with van der Waals surface area (Å²) < 4.78 is 14.0. The van der Waals surface area contributed by atoms with Gasteiger partial charge in [-0.25, -0.2) is 4.39 Å². The molecule has 92 valence electrons. The van der Waals surface area contributed by atoms with Crippen molar-refractivity contribution in [3.8, 4) is 0 Å². The molecule has 0 spiro atoms. The SMILES string of the molecule is CC(=O)Nc1ccc(F)c2c1[C@@H](C)CC2(C)C. The highest BCUT2D eigenvalue weighted by Crippen LogP contribution is 2.49. The zero-order valence-electron chi connectivity index (χ0n) is 10.7. The molecule has 1 aliphatic carbocycles. The topological polar surface area (TPSA) is 29.1 Å². The maximum Gasteiger partial charge on any atom is 0.221 e. The Balaban J connectivity index is 2.61. The van der Waals surface area contributed by atoms with Crippen molar-refractivity contribution in [2.75, 3.05) is 5.32 Å². The molecule has 0 aromatic heterocycles. The predicted octanol–water partition coefficient (Wildman–Crippen LogP) is 3.57. The van der Waals surface area contributed by atoms with Crippen LogP contribution in [-0.2, 0) is 10.2 Å². The van der Waals surface area contributed by atoms with E-state index < -0.39 is 0 Å². The summed E-state index contributed by atoms with van der Waals surface area (Å²) in [7, 11) is 0. The fourth-order valence-electron chi connectivity index (χ4n) is 3.06. The number of halogens is 1. The molecule has 1 aromatic carbocycles. The Morgan fingerprint density at radius 2 is 2.12 bits per heavy atom. The Bertz CT molecular complexity index is 479. The van der Waals surface area contributed by atoms with Crippen LogP contribution in [0.3, 0.4) is 0 Å². The van der Waals surface area contributed by atoms with E-state index in [1.807, 2.05) is 0 Å². The van der Waals surface area contributed by atoms with Gasteiger partial charge in [0.25, 0.3) is 0 Å². The molecule has 1 N–H and O–H groups in total. The zero-order valence-corrected chi connectivity index (χ0v) is 10.7. The van der Waals surface area contributed by atoms with Gasteiger partial charge in [-0.2, -0.15) is 0 Å². The van der Waals surface area contributed by atoms with Crippen LogP contribution in [-0.4, -0.2) is 5.91 Å². The number of amides is 1. The maximum atomic E-state index is 14.0. The van der Waals surface area contributed by atoms with Crippen LogP contribution < -0.4 is 5.32 Å². The molecular weight excluding hydrogens is 217 g/mol. The second kappa shape index (κ2) is 3.83. The van der Waals surface area contributed by atoms with Gasteiger partial charge in [-0.3, -0.25) is 4.79 Å². The average molecular weight is 235 g/mol. The van der Waals surface area contributed by atoms with Gasteiger partial charge in [-0.1, -0.05) is 20.8 Å². The fraction of sp³-hybridized carbons (Fsp3) is 0.500. The van der Waals surface area contributed by atoms with E-state index in [1.165, 1.54) is 13.0 Å². The molecule has 0 heterocycles. The van der Waals surface area contributed by atoms with Crippen molar-refractivity contribution in [1.29, 1.82) is 0 Å². The second-order valence-electron chi connectivity index (χ2n) is 5.55. The molecule has 0 aliphatic heterocycles. The minimum Gasteiger partial charge on any atom is -0.326 e. The molecule has 2 rings (SSSR count). The molecule has 1 aromatic rings. The number of carbonyl (C=O) groups excluding carboxylic acids is 1. The van der Waals surface area contributed by atoms with Crippen molar-refractivity contribution in [3.63, 3.8) is 0 Å². The van der Waals surface area contributed by atoms with Gasteiger partial charge in [0.15, 0.2) is 0 Å². The summed E-state index contributed by atoms with van der Waals surface area (Å²) in [6, 6.07) is 3.11. The standard InChI is InChI=1S/C14H18FNO/c1-8-7-14(3,4)13-10(15)5-6-11(12(8)13)16-9(2)17/h5-6,8H,7H2,1-4H3,(H,16,17)/t8-/m0/s1. The lowest BCUT2D eigenvalue weighted by molar-refractivity contribution is -0.114. The Hall–Kier alpha value is -1.38. The van der Waals surface area contributed by atoms with E-state index in [4.69, 9.17) is 0 Å². The number of fused-ring (bicyclic) bond motifs is 1. The minimum atomic E-state index is -0.163. The number of hydrogen-bond donors (Lipinski definition) is 1. The van der Waals surface area contributed by atoms with Crippen LogP contribution in [0.25, 0.3) is 0 Å². The first-order valence-electron chi connectivity index (χ1n) is 5.93. The van der Waals surface area contributed by atoms with Gasteiger partial charge in [0, 0.05) is 12.6 Å². The molecule has 2 nitrogen and oxygen atoms in total. The first kappa shape index (κ1) is 12.1. The Morgan fingerprint density at radius 3 is 2.71 bits per heavy atom. The summed E-state index contributed by atoms with van der Waals surface area (Å²) >= 11 is 0. The third kappa shape index (κ3) is 1.94. The summed E-state index contributed by atoms with van der Waals surface area (Å²) in [5.41, 5.74) is 2.32. The number of benzene rings is 1. The summed E-state index contributed by atoms with van der Waals surface area (Å²) in [5, 5.41) is 2.79. The van der Waals surface area contributed by atoms with Crippen LogP contribution in [0, 0.1) is 5.82 Å². The van der Waals surface area contributed by atoms with Gasteiger partial charge in [-0.15, -0.1) is 0 Å². The van der Waals surface area contributed by atoms with Crippen molar-refractivity contribution in [2.24, 2.45) is 0 Å². The predicted molar refractivity (Wildman–Crippen MR) is 66.8 cm³/mol. The average Bonchev–Trinajstić information content (AvgIpc) is 2.41. The van der Waals surface area contributed by atoms with Crippen molar-refractivity contribution in [3.05, 3.63) is 29.1 Å². The van der Waals surface area contributed by atoms with Crippen LogP contribution in [0.15, 0.2) is 12.1 Å². The van der Waals surface area contributed by atoms with Gasteiger partial charge in [0.2, 0.25) is 5.91 Å². The largest absolute Gasteiger partial charge is 0.326 e. The van der Waals surface area contributed by atoms with Crippen LogP contribution in [0.1, 0.15) is 51.2 Å². The summed E-state index contributed by atoms with van der Waals surface area (Å²) in [4.78, 5) is 11.2. The molecule has 0 radical (unpaired) electrons. The molecule has 1 atom stereocenters. The van der Waals surface area contributed by atoms with Crippen molar-refractivity contribution < 1.29 is 9.18 Å². The van der Waals surface area contributed by atoms with Crippen LogP contribution in [0.4, 0.5) is 10.1 Å². The Morgan fingerprint density at radius 1 is 1.47 bits per heavy atom. The van der Waals surface area contributed by atoms with Crippen LogP contribution in [0.5, 0.6) is 0 Å². The van der Waals surface area contributed by atoms with Gasteiger partial charge in [0.05, 0.1) is 0 Å². The summed E-state index contributed by atoms with van der Waals surface area (Å²) in [6.45, 7) is 7.66. The van der Waals surface area contributed by atoms with E-state index in [1.54, 1.807) is 6.07 Å².